The van der Waals surface area contributed by atoms with Gasteiger partial charge in [0, 0.05) is 37.4 Å². The number of aromatic nitrogens is 1. The number of ether oxygens (including phenoxy) is 2. The topological polar surface area (TPSA) is 63.7 Å². The van der Waals surface area contributed by atoms with Crippen LogP contribution in [0.4, 0.5) is 0 Å². The summed E-state index contributed by atoms with van der Waals surface area (Å²) >= 11 is 0. The van der Waals surface area contributed by atoms with Crippen molar-refractivity contribution < 1.29 is 14.3 Å². The Morgan fingerprint density at radius 2 is 2.00 bits per heavy atom. The number of methoxy groups -OCH3 is 2. The fraction of sp³-hybridized carbons (Fsp3) is 0.429. The average Bonchev–Trinajstić information content (AvgIpc) is 2.70. The SMILES string of the molecule is COc1ccc(OC)c(CC(=O)NC2CCN(Cc3ccccn3)CC2)c1. The van der Waals surface area contributed by atoms with Crippen molar-refractivity contribution in [2.45, 2.75) is 31.8 Å². The van der Waals surface area contributed by atoms with Gasteiger partial charge in [0.15, 0.2) is 0 Å². The predicted molar refractivity (Wildman–Crippen MR) is 104 cm³/mol. The van der Waals surface area contributed by atoms with Gasteiger partial charge in [0.2, 0.25) is 5.91 Å². The van der Waals surface area contributed by atoms with Crippen LogP contribution in [0, 0.1) is 0 Å². The van der Waals surface area contributed by atoms with Gasteiger partial charge in [-0.1, -0.05) is 6.07 Å². The monoisotopic (exact) mass is 369 g/mol. The number of pyridine rings is 1. The minimum atomic E-state index is 0.0183. The molecule has 0 unspecified atom stereocenters. The molecule has 2 aromatic rings. The van der Waals surface area contributed by atoms with E-state index in [4.69, 9.17) is 9.47 Å². The Bertz CT molecular complexity index is 744. The quantitative estimate of drug-likeness (QED) is 0.812. The second-order valence-electron chi connectivity index (χ2n) is 6.79. The molecule has 1 fully saturated rings. The molecule has 2 heterocycles. The molecule has 0 aliphatic carbocycles. The van der Waals surface area contributed by atoms with E-state index in [1.165, 1.54) is 0 Å². The van der Waals surface area contributed by atoms with Gasteiger partial charge in [-0.3, -0.25) is 14.7 Å². The van der Waals surface area contributed by atoms with Crippen LogP contribution in [0.5, 0.6) is 11.5 Å². The third kappa shape index (κ3) is 5.44. The summed E-state index contributed by atoms with van der Waals surface area (Å²) in [6.45, 7) is 2.79. The summed E-state index contributed by atoms with van der Waals surface area (Å²) in [5.41, 5.74) is 1.92. The van der Waals surface area contributed by atoms with Gasteiger partial charge in [-0.2, -0.15) is 0 Å². The zero-order valence-corrected chi connectivity index (χ0v) is 16.0. The highest BCUT2D eigenvalue weighted by atomic mass is 16.5. The first-order valence-corrected chi connectivity index (χ1v) is 9.30. The smallest absolute Gasteiger partial charge is 0.224 e. The van der Waals surface area contributed by atoms with Crippen LogP contribution in [0.15, 0.2) is 42.6 Å². The van der Waals surface area contributed by atoms with Crippen LogP contribution in [0.1, 0.15) is 24.1 Å². The Balaban J connectivity index is 1.48. The lowest BCUT2D eigenvalue weighted by Crippen LogP contribution is -2.44. The third-order valence-corrected chi connectivity index (χ3v) is 4.90. The molecule has 1 amide bonds. The van der Waals surface area contributed by atoms with Crippen LogP contribution < -0.4 is 14.8 Å². The lowest BCUT2D eigenvalue weighted by Gasteiger charge is -2.32. The Kier molecular flexibility index (Phi) is 6.65. The number of benzene rings is 1. The molecule has 6 heteroatoms. The van der Waals surface area contributed by atoms with Crippen molar-refractivity contribution >= 4 is 5.91 Å². The van der Waals surface area contributed by atoms with Gasteiger partial charge >= 0.3 is 0 Å². The summed E-state index contributed by atoms with van der Waals surface area (Å²) in [7, 11) is 3.23. The molecule has 1 saturated heterocycles. The molecule has 0 saturated carbocycles. The highest BCUT2D eigenvalue weighted by Gasteiger charge is 2.21. The first-order chi connectivity index (χ1) is 13.2. The zero-order chi connectivity index (χ0) is 19.1. The van der Waals surface area contributed by atoms with Crippen molar-refractivity contribution in [3.05, 3.63) is 53.9 Å². The van der Waals surface area contributed by atoms with E-state index in [0.29, 0.717) is 5.75 Å². The lowest BCUT2D eigenvalue weighted by atomic mass is 10.0. The van der Waals surface area contributed by atoms with E-state index in [1.54, 1.807) is 14.2 Å². The molecule has 27 heavy (non-hydrogen) atoms. The second kappa shape index (κ2) is 9.37. The number of hydrogen-bond donors (Lipinski definition) is 1. The van der Waals surface area contributed by atoms with Gasteiger partial charge in [0.1, 0.15) is 11.5 Å². The van der Waals surface area contributed by atoms with E-state index in [0.717, 1.165) is 49.5 Å². The van der Waals surface area contributed by atoms with Crippen molar-refractivity contribution in [2.75, 3.05) is 27.3 Å². The van der Waals surface area contributed by atoms with Crippen LogP contribution in [-0.2, 0) is 17.8 Å². The Morgan fingerprint density at radius 1 is 1.19 bits per heavy atom. The van der Waals surface area contributed by atoms with Crippen molar-refractivity contribution in [1.29, 1.82) is 0 Å². The van der Waals surface area contributed by atoms with Gasteiger partial charge in [0.05, 0.1) is 26.3 Å². The van der Waals surface area contributed by atoms with Crippen LogP contribution >= 0.6 is 0 Å². The Hall–Kier alpha value is -2.60. The molecule has 1 aromatic heterocycles. The molecule has 0 radical (unpaired) electrons. The average molecular weight is 369 g/mol. The number of nitrogens with one attached hydrogen (secondary N) is 1. The number of carbonyl (C=O) groups excluding carboxylic acids is 1. The van der Waals surface area contributed by atoms with Gasteiger partial charge < -0.3 is 14.8 Å². The molecule has 3 rings (SSSR count). The number of piperidine rings is 1. The number of nitrogens with zero attached hydrogens (tertiary/aromatic N) is 2. The number of amides is 1. The fourth-order valence-corrected chi connectivity index (χ4v) is 3.43. The first-order valence-electron chi connectivity index (χ1n) is 9.30. The first kappa shape index (κ1) is 19.2. The summed E-state index contributed by atoms with van der Waals surface area (Å²) in [5, 5.41) is 3.16. The van der Waals surface area contributed by atoms with Crippen molar-refractivity contribution in [3.63, 3.8) is 0 Å². The number of hydrogen-bond acceptors (Lipinski definition) is 5. The Labute approximate surface area is 160 Å². The normalized spacial score (nSPS) is 15.3. The summed E-state index contributed by atoms with van der Waals surface area (Å²) in [6, 6.07) is 11.7. The van der Waals surface area contributed by atoms with Crippen molar-refractivity contribution in [1.82, 2.24) is 15.2 Å². The van der Waals surface area contributed by atoms with Gasteiger partial charge in [0.25, 0.3) is 0 Å². The molecule has 1 N–H and O–H groups in total. The molecule has 1 aromatic carbocycles. The van der Waals surface area contributed by atoms with E-state index in [-0.39, 0.29) is 18.4 Å². The third-order valence-electron chi connectivity index (χ3n) is 4.90. The predicted octanol–water partition coefficient (Wildman–Crippen LogP) is 2.42. The van der Waals surface area contributed by atoms with Gasteiger partial charge in [-0.15, -0.1) is 0 Å². The fourth-order valence-electron chi connectivity index (χ4n) is 3.43. The summed E-state index contributed by atoms with van der Waals surface area (Å²) < 4.78 is 10.6. The maximum Gasteiger partial charge on any atom is 0.224 e. The van der Waals surface area contributed by atoms with Crippen LogP contribution in [-0.4, -0.2) is 49.1 Å². The minimum absolute atomic E-state index is 0.0183. The van der Waals surface area contributed by atoms with E-state index in [9.17, 15) is 4.79 Å². The highest BCUT2D eigenvalue weighted by molar-refractivity contribution is 5.79. The summed E-state index contributed by atoms with van der Waals surface area (Å²) in [4.78, 5) is 19.3. The molecular formula is C21H27N3O3. The van der Waals surface area contributed by atoms with Gasteiger partial charge in [-0.05, 0) is 43.2 Å². The molecular weight excluding hydrogens is 342 g/mol. The minimum Gasteiger partial charge on any atom is -0.497 e. The van der Waals surface area contributed by atoms with Crippen LogP contribution in [0.2, 0.25) is 0 Å². The van der Waals surface area contributed by atoms with Crippen LogP contribution in [0.3, 0.4) is 0 Å². The standard InChI is InChI=1S/C21H27N3O3/c1-26-19-6-7-20(27-2)16(13-19)14-21(25)23-17-8-11-24(12-9-17)15-18-5-3-4-10-22-18/h3-7,10,13,17H,8-9,11-12,14-15H2,1-2H3,(H,23,25). The molecule has 1 aliphatic heterocycles. The molecule has 0 spiro atoms. The lowest BCUT2D eigenvalue weighted by molar-refractivity contribution is -0.121. The number of carbonyl (C=O) groups is 1. The summed E-state index contributed by atoms with van der Waals surface area (Å²) in [6.07, 6.45) is 4.02. The van der Waals surface area contributed by atoms with E-state index >= 15 is 0 Å². The van der Waals surface area contributed by atoms with Crippen LogP contribution in [0.25, 0.3) is 0 Å². The number of rotatable bonds is 7. The van der Waals surface area contributed by atoms with Crippen molar-refractivity contribution in [2.24, 2.45) is 0 Å². The van der Waals surface area contributed by atoms with Crippen molar-refractivity contribution in [3.8, 4) is 11.5 Å². The largest absolute Gasteiger partial charge is 0.497 e. The van der Waals surface area contributed by atoms with E-state index in [1.807, 2.05) is 36.5 Å². The van der Waals surface area contributed by atoms with E-state index in [2.05, 4.69) is 21.3 Å². The molecule has 0 atom stereocenters. The maximum atomic E-state index is 12.5. The molecule has 1 aliphatic rings. The van der Waals surface area contributed by atoms with E-state index < -0.39 is 0 Å². The van der Waals surface area contributed by atoms with Gasteiger partial charge in [-0.25, -0.2) is 0 Å². The zero-order valence-electron chi connectivity index (χ0n) is 16.0. The highest BCUT2D eigenvalue weighted by Crippen LogP contribution is 2.24. The summed E-state index contributed by atoms with van der Waals surface area (Å²) in [5.74, 6) is 1.45. The molecule has 144 valence electrons. The maximum absolute atomic E-state index is 12.5. The second-order valence-corrected chi connectivity index (χ2v) is 6.79. The molecule has 6 nitrogen and oxygen atoms in total. The Morgan fingerprint density at radius 3 is 2.67 bits per heavy atom. The molecule has 0 bridgehead atoms. The number of likely N-dealkylation sites (tertiary alicyclic amines) is 1.